The van der Waals surface area contributed by atoms with Crippen LogP contribution in [0, 0.1) is 0 Å². The SMILES string of the molecule is Cl.NCCCC[C@H](N)c1ccc(Oc2ccccc2)cc1. The Bertz CT molecular complexity index is 502. The van der Waals surface area contributed by atoms with Crippen LogP contribution in [-0.4, -0.2) is 6.54 Å². The molecule has 0 bridgehead atoms. The van der Waals surface area contributed by atoms with E-state index in [9.17, 15) is 0 Å². The van der Waals surface area contributed by atoms with Crippen molar-refractivity contribution in [2.45, 2.75) is 25.3 Å². The van der Waals surface area contributed by atoms with Crippen LogP contribution >= 0.6 is 12.4 Å². The zero-order valence-electron chi connectivity index (χ0n) is 12.1. The van der Waals surface area contributed by atoms with Gasteiger partial charge in [-0.25, -0.2) is 0 Å². The number of benzene rings is 2. The van der Waals surface area contributed by atoms with Crippen molar-refractivity contribution in [1.82, 2.24) is 0 Å². The Balaban J connectivity index is 0.00000220. The summed E-state index contributed by atoms with van der Waals surface area (Å²) < 4.78 is 5.75. The smallest absolute Gasteiger partial charge is 0.127 e. The lowest BCUT2D eigenvalue weighted by Crippen LogP contribution is -2.10. The summed E-state index contributed by atoms with van der Waals surface area (Å²) in [6, 6.07) is 17.8. The molecule has 114 valence electrons. The number of hydrogen-bond donors (Lipinski definition) is 2. The fraction of sp³-hybridized carbons (Fsp3) is 0.294. The summed E-state index contributed by atoms with van der Waals surface area (Å²) in [5.74, 6) is 1.67. The molecular weight excluding hydrogens is 284 g/mol. The van der Waals surface area contributed by atoms with Crippen LogP contribution in [0.4, 0.5) is 0 Å². The molecule has 0 aliphatic rings. The second-order valence-electron chi connectivity index (χ2n) is 4.88. The van der Waals surface area contributed by atoms with Gasteiger partial charge in [0.2, 0.25) is 0 Å². The predicted molar refractivity (Wildman–Crippen MR) is 90.0 cm³/mol. The van der Waals surface area contributed by atoms with Crippen LogP contribution < -0.4 is 16.2 Å². The molecule has 0 amide bonds. The summed E-state index contributed by atoms with van der Waals surface area (Å²) in [4.78, 5) is 0. The van der Waals surface area contributed by atoms with E-state index in [1.54, 1.807) is 0 Å². The molecule has 0 heterocycles. The molecule has 4 heteroatoms. The van der Waals surface area contributed by atoms with Crippen molar-refractivity contribution in [1.29, 1.82) is 0 Å². The Hall–Kier alpha value is -1.55. The van der Waals surface area contributed by atoms with Gasteiger partial charge in [0.1, 0.15) is 11.5 Å². The molecule has 0 unspecified atom stereocenters. The van der Waals surface area contributed by atoms with Gasteiger partial charge in [0, 0.05) is 6.04 Å². The van der Waals surface area contributed by atoms with Gasteiger partial charge in [-0.05, 0) is 49.2 Å². The largest absolute Gasteiger partial charge is 0.457 e. The molecule has 1 atom stereocenters. The summed E-state index contributed by atoms with van der Waals surface area (Å²) >= 11 is 0. The molecule has 3 nitrogen and oxygen atoms in total. The van der Waals surface area contributed by atoms with E-state index in [-0.39, 0.29) is 18.4 Å². The van der Waals surface area contributed by atoms with Gasteiger partial charge in [0.25, 0.3) is 0 Å². The summed E-state index contributed by atoms with van der Waals surface area (Å²) in [7, 11) is 0. The van der Waals surface area contributed by atoms with Crippen LogP contribution in [0.25, 0.3) is 0 Å². The zero-order chi connectivity index (χ0) is 14.2. The highest BCUT2D eigenvalue weighted by Crippen LogP contribution is 2.24. The van der Waals surface area contributed by atoms with Crippen molar-refractivity contribution in [3.05, 3.63) is 60.2 Å². The Morgan fingerprint density at radius 2 is 1.48 bits per heavy atom. The van der Waals surface area contributed by atoms with E-state index in [0.29, 0.717) is 0 Å². The Labute approximate surface area is 132 Å². The lowest BCUT2D eigenvalue weighted by Gasteiger charge is -2.12. The van der Waals surface area contributed by atoms with Gasteiger partial charge < -0.3 is 16.2 Å². The van der Waals surface area contributed by atoms with Gasteiger partial charge in [0.15, 0.2) is 0 Å². The van der Waals surface area contributed by atoms with Crippen LogP contribution in [0.15, 0.2) is 54.6 Å². The van der Waals surface area contributed by atoms with E-state index >= 15 is 0 Å². The first-order chi connectivity index (χ1) is 9.79. The maximum absolute atomic E-state index is 6.16. The molecule has 2 aromatic rings. The number of unbranched alkanes of at least 4 members (excludes halogenated alkanes) is 1. The number of nitrogens with two attached hydrogens (primary N) is 2. The average molecular weight is 307 g/mol. The Kier molecular flexibility index (Phi) is 7.83. The monoisotopic (exact) mass is 306 g/mol. The molecular formula is C17H23ClN2O. The van der Waals surface area contributed by atoms with E-state index in [4.69, 9.17) is 16.2 Å². The fourth-order valence-electron chi connectivity index (χ4n) is 2.08. The summed E-state index contributed by atoms with van der Waals surface area (Å²) in [6.07, 6.45) is 3.07. The third-order valence-corrected chi connectivity index (χ3v) is 3.26. The average Bonchev–Trinajstić information content (AvgIpc) is 2.49. The fourth-order valence-corrected chi connectivity index (χ4v) is 2.08. The van der Waals surface area contributed by atoms with Gasteiger partial charge in [-0.1, -0.05) is 36.8 Å². The minimum atomic E-state index is 0. The van der Waals surface area contributed by atoms with Gasteiger partial charge in [-0.2, -0.15) is 0 Å². The van der Waals surface area contributed by atoms with Gasteiger partial charge in [0.05, 0.1) is 0 Å². The molecule has 0 aliphatic heterocycles. The second kappa shape index (κ2) is 9.40. The first-order valence-electron chi connectivity index (χ1n) is 7.08. The molecule has 2 aromatic carbocycles. The summed E-state index contributed by atoms with van der Waals surface area (Å²) in [5.41, 5.74) is 12.8. The van der Waals surface area contributed by atoms with Crippen molar-refractivity contribution in [2.24, 2.45) is 11.5 Å². The topological polar surface area (TPSA) is 61.3 Å². The van der Waals surface area contributed by atoms with Crippen molar-refractivity contribution in [3.8, 4) is 11.5 Å². The first-order valence-corrected chi connectivity index (χ1v) is 7.08. The maximum atomic E-state index is 6.16. The van der Waals surface area contributed by atoms with Crippen molar-refractivity contribution in [2.75, 3.05) is 6.54 Å². The predicted octanol–water partition coefficient (Wildman–Crippen LogP) is 4.03. The molecule has 4 N–H and O–H groups in total. The highest BCUT2D eigenvalue weighted by molar-refractivity contribution is 5.85. The molecule has 0 saturated carbocycles. The number of hydrogen-bond acceptors (Lipinski definition) is 3. The lowest BCUT2D eigenvalue weighted by molar-refractivity contribution is 0.482. The molecule has 0 aromatic heterocycles. The van der Waals surface area contributed by atoms with Crippen LogP contribution in [-0.2, 0) is 0 Å². The third kappa shape index (κ3) is 5.76. The minimum Gasteiger partial charge on any atom is -0.457 e. The zero-order valence-corrected chi connectivity index (χ0v) is 12.9. The standard InChI is InChI=1S/C17H22N2O.ClH/c18-13-5-4-8-17(19)14-9-11-16(12-10-14)20-15-6-2-1-3-7-15;/h1-3,6-7,9-12,17H,4-5,8,13,18-19H2;1H/t17-;/m0./s1. The number of halogens is 1. The summed E-state index contributed by atoms with van der Waals surface area (Å²) in [6.45, 7) is 0.733. The van der Waals surface area contributed by atoms with Crippen LogP contribution in [0.2, 0.25) is 0 Å². The number of ether oxygens (including phenoxy) is 1. The van der Waals surface area contributed by atoms with E-state index in [0.717, 1.165) is 42.9 Å². The van der Waals surface area contributed by atoms with Crippen molar-refractivity contribution >= 4 is 12.4 Å². The molecule has 0 saturated heterocycles. The first kappa shape index (κ1) is 17.5. The highest BCUT2D eigenvalue weighted by Gasteiger charge is 2.06. The van der Waals surface area contributed by atoms with Crippen LogP contribution in [0.5, 0.6) is 11.5 Å². The van der Waals surface area contributed by atoms with Crippen LogP contribution in [0.3, 0.4) is 0 Å². The maximum Gasteiger partial charge on any atom is 0.127 e. The highest BCUT2D eigenvalue weighted by atomic mass is 35.5. The number of rotatable bonds is 7. The van der Waals surface area contributed by atoms with E-state index < -0.39 is 0 Å². The quantitative estimate of drug-likeness (QED) is 0.759. The van der Waals surface area contributed by atoms with Crippen LogP contribution in [0.1, 0.15) is 30.9 Å². The normalized spacial score (nSPS) is 11.5. The van der Waals surface area contributed by atoms with Crippen molar-refractivity contribution in [3.63, 3.8) is 0 Å². The molecule has 21 heavy (non-hydrogen) atoms. The molecule has 0 aliphatic carbocycles. The minimum absolute atomic E-state index is 0. The number of para-hydroxylation sites is 1. The van der Waals surface area contributed by atoms with Gasteiger partial charge in [-0.3, -0.25) is 0 Å². The van der Waals surface area contributed by atoms with E-state index in [1.807, 2.05) is 54.6 Å². The van der Waals surface area contributed by atoms with Gasteiger partial charge >= 0.3 is 0 Å². The molecule has 0 fully saturated rings. The Morgan fingerprint density at radius 1 is 0.857 bits per heavy atom. The van der Waals surface area contributed by atoms with Gasteiger partial charge in [-0.15, -0.1) is 12.4 Å². The Morgan fingerprint density at radius 3 is 2.10 bits per heavy atom. The van der Waals surface area contributed by atoms with E-state index in [1.165, 1.54) is 0 Å². The molecule has 0 radical (unpaired) electrons. The molecule has 0 spiro atoms. The molecule has 2 rings (SSSR count). The van der Waals surface area contributed by atoms with Crippen molar-refractivity contribution < 1.29 is 4.74 Å². The third-order valence-electron chi connectivity index (χ3n) is 3.26. The second-order valence-corrected chi connectivity index (χ2v) is 4.88. The lowest BCUT2D eigenvalue weighted by atomic mass is 10.0. The van der Waals surface area contributed by atoms with E-state index in [2.05, 4.69) is 0 Å². The summed E-state index contributed by atoms with van der Waals surface area (Å²) in [5, 5.41) is 0.